The van der Waals surface area contributed by atoms with Crippen LogP contribution >= 0.6 is 0 Å². The topological polar surface area (TPSA) is 133 Å². The van der Waals surface area contributed by atoms with Crippen molar-refractivity contribution in [2.75, 3.05) is 10.6 Å². The Morgan fingerprint density at radius 2 is 1.78 bits per heavy atom. The zero-order valence-electron chi connectivity index (χ0n) is 14.0. The fourth-order valence-corrected chi connectivity index (χ4v) is 2.75. The summed E-state index contributed by atoms with van der Waals surface area (Å²) in [6, 6.07) is 9.64. The first-order valence-corrected chi connectivity index (χ1v) is 8.27. The highest BCUT2D eigenvalue weighted by Gasteiger charge is 2.11. The van der Waals surface area contributed by atoms with Crippen molar-refractivity contribution in [2.24, 2.45) is 0 Å². The van der Waals surface area contributed by atoms with Crippen molar-refractivity contribution in [1.82, 2.24) is 39.9 Å². The average molecular weight is 358 g/mol. The third-order valence-electron chi connectivity index (χ3n) is 3.95. The molecule has 10 nitrogen and oxygen atoms in total. The van der Waals surface area contributed by atoms with Crippen LogP contribution in [0.1, 0.15) is 5.82 Å². The molecule has 0 aliphatic heterocycles. The third-order valence-corrected chi connectivity index (χ3v) is 3.95. The van der Waals surface area contributed by atoms with E-state index in [4.69, 9.17) is 0 Å². The molecule has 0 radical (unpaired) electrons. The van der Waals surface area contributed by atoms with Crippen molar-refractivity contribution in [3.8, 4) is 0 Å². The van der Waals surface area contributed by atoms with Crippen LogP contribution in [-0.4, -0.2) is 39.9 Å². The van der Waals surface area contributed by atoms with Crippen molar-refractivity contribution in [2.45, 2.75) is 6.54 Å². The van der Waals surface area contributed by atoms with Crippen molar-refractivity contribution in [1.29, 1.82) is 0 Å². The second-order valence-electron chi connectivity index (χ2n) is 5.76. The van der Waals surface area contributed by atoms with Crippen LogP contribution < -0.4 is 10.6 Å². The predicted octanol–water partition coefficient (Wildman–Crippen LogP) is 2.37. The number of benzene rings is 1. The number of anilines is 3. The quantitative estimate of drug-likeness (QED) is 0.376. The molecule has 0 saturated carbocycles. The summed E-state index contributed by atoms with van der Waals surface area (Å²) in [5, 5.41) is 6.28. The number of hydrogen-bond acceptors (Lipinski definition) is 8. The van der Waals surface area contributed by atoms with Gasteiger partial charge in [-0.2, -0.15) is 4.98 Å². The first-order chi connectivity index (χ1) is 13.3. The molecule has 0 atom stereocenters. The Morgan fingerprint density at radius 3 is 2.67 bits per heavy atom. The number of para-hydroxylation sites is 2. The molecule has 132 valence electrons. The Hall–Kier alpha value is -4.08. The highest BCUT2D eigenvalue weighted by molar-refractivity contribution is 5.84. The van der Waals surface area contributed by atoms with E-state index in [1.807, 2.05) is 24.3 Å². The number of rotatable bonds is 5. The van der Waals surface area contributed by atoms with E-state index >= 15 is 0 Å². The first-order valence-electron chi connectivity index (χ1n) is 8.27. The van der Waals surface area contributed by atoms with Gasteiger partial charge in [-0.25, -0.2) is 24.9 Å². The van der Waals surface area contributed by atoms with Crippen molar-refractivity contribution < 1.29 is 0 Å². The lowest BCUT2D eigenvalue weighted by Crippen LogP contribution is -2.04. The smallest absolute Gasteiger partial charge is 0.229 e. The molecule has 5 rings (SSSR count). The maximum Gasteiger partial charge on any atom is 0.229 e. The summed E-state index contributed by atoms with van der Waals surface area (Å²) in [7, 11) is 0. The van der Waals surface area contributed by atoms with Crippen LogP contribution in [0.2, 0.25) is 0 Å². The standard InChI is InChI=1S/C17H14N10/c1-2-5-11-10(4-1)23-12(24-11)8-20-14-13-15(22-9-21-14)26-17(25-13)27-16-18-6-3-7-19-16/h1-7,9H,8H2,(H,23,24)(H3,18,19,20,21,22,25,26,27). The molecule has 0 saturated heterocycles. The van der Waals surface area contributed by atoms with Crippen LogP contribution in [0.5, 0.6) is 0 Å². The van der Waals surface area contributed by atoms with Gasteiger partial charge in [-0.1, -0.05) is 12.1 Å². The summed E-state index contributed by atoms with van der Waals surface area (Å²) in [6.07, 6.45) is 4.77. The fourth-order valence-electron chi connectivity index (χ4n) is 2.75. The summed E-state index contributed by atoms with van der Waals surface area (Å²) in [5.74, 6) is 2.39. The molecule has 10 heteroatoms. The van der Waals surface area contributed by atoms with E-state index in [1.54, 1.807) is 18.5 Å². The molecule has 4 aromatic heterocycles. The van der Waals surface area contributed by atoms with E-state index in [-0.39, 0.29) is 0 Å². The number of fused-ring (bicyclic) bond motifs is 2. The van der Waals surface area contributed by atoms with E-state index in [1.165, 1.54) is 6.33 Å². The zero-order chi connectivity index (χ0) is 18.1. The van der Waals surface area contributed by atoms with Crippen LogP contribution in [0, 0.1) is 0 Å². The van der Waals surface area contributed by atoms with Crippen LogP contribution in [0.4, 0.5) is 17.7 Å². The Morgan fingerprint density at radius 1 is 0.889 bits per heavy atom. The normalized spacial score (nSPS) is 11.1. The number of aromatic nitrogens is 8. The molecule has 5 aromatic rings. The van der Waals surface area contributed by atoms with Crippen molar-refractivity contribution >= 4 is 39.9 Å². The summed E-state index contributed by atoms with van der Waals surface area (Å²) >= 11 is 0. The van der Waals surface area contributed by atoms with Crippen LogP contribution in [0.3, 0.4) is 0 Å². The summed E-state index contributed by atoms with van der Waals surface area (Å²) < 4.78 is 0. The maximum absolute atomic E-state index is 4.55. The van der Waals surface area contributed by atoms with Crippen molar-refractivity contribution in [3.63, 3.8) is 0 Å². The minimum atomic E-state index is 0.446. The Kier molecular flexibility index (Phi) is 3.56. The summed E-state index contributed by atoms with van der Waals surface area (Å²) in [6.45, 7) is 0.490. The van der Waals surface area contributed by atoms with Crippen LogP contribution in [-0.2, 0) is 6.54 Å². The van der Waals surface area contributed by atoms with Gasteiger partial charge in [-0.15, -0.1) is 0 Å². The van der Waals surface area contributed by atoms with Gasteiger partial charge in [0.05, 0.1) is 17.6 Å². The SMILES string of the molecule is c1cnc(Nc2nc3ncnc(NCc4nc5ccccc5[nH]4)c3[nH]2)nc1. The monoisotopic (exact) mass is 358 g/mol. The molecule has 0 bridgehead atoms. The molecule has 0 aliphatic carbocycles. The summed E-state index contributed by atoms with van der Waals surface area (Å²) in [4.78, 5) is 32.1. The molecule has 0 amide bonds. The lowest BCUT2D eigenvalue weighted by molar-refractivity contribution is 0.996. The van der Waals surface area contributed by atoms with E-state index in [0.717, 1.165) is 16.9 Å². The summed E-state index contributed by atoms with van der Waals surface area (Å²) in [5.41, 5.74) is 3.15. The molecule has 0 unspecified atom stereocenters. The number of hydrogen-bond donors (Lipinski definition) is 4. The molecule has 0 fully saturated rings. The number of nitrogens with zero attached hydrogens (tertiary/aromatic N) is 6. The molecule has 0 aliphatic rings. The molecule has 1 aromatic carbocycles. The fraction of sp³-hybridized carbons (Fsp3) is 0.0588. The molecule has 27 heavy (non-hydrogen) atoms. The predicted molar refractivity (Wildman–Crippen MR) is 100 cm³/mol. The van der Waals surface area contributed by atoms with Gasteiger partial charge in [0.15, 0.2) is 11.5 Å². The molecule has 0 spiro atoms. The zero-order valence-corrected chi connectivity index (χ0v) is 14.0. The Balaban J connectivity index is 1.39. The lowest BCUT2D eigenvalue weighted by Gasteiger charge is -2.03. The Bertz CT molecular complexity index is 1180. The van der Waals surface area contributed by atoms with Gasteiger partial charge in [-0.05, 0) is 18.2 Å². The van der Waals surface area contributed by atoms with E-state index in [0.29, 0.717) is 35.4 Å². The highest BCUT2D eigenvalue weighted by Crippen LogP contribution is 2.20. The second kappa shape index (κ2) is 6.33. The van der Waals surface area contributed by atoms with Gasteiger partial charge in [0, 0.05) is 12.4 Å². The van der Waals surface area contributed by atoms with E-state index in [9.17, 15) is 0 Å². The van der Waals surface area contributed by atoms with Gasteiger partial charge in [0.25, 0.3) is 0 Å². The molecule has 4 heterocycles. The van der Waals surface area contributed by atoms with Crippen LogP contribution in [0.15, 0.2) is 49.1 Å². The third kappa shape index (κ3) is 2.99. The van der Waals surface area contributed by atoms with E-state index in [2.05, 4.69) is 50.5 Å². The van der Waals surface area contributed by atoms with Gasteiger partial charge in [0.2, 0.25) is 11.9 Å². The molecule has 4 N–H and O–H groups in total. The average Bonchev–Trinajstić information content (AvgIpc) is 3.30. The van der Waals surface area contributed by atoms with Crippen LogP contribution in [0.25, 0.3) is 22.2 Å². The molecular weight excluding hydrogens is 344 g/mol. The molecular formula is C17H14N10. The minimum absolute atomic E-state index is 0.446. The minimum Gasteiger partial charge on any atom is -0.361 e. The largest absolute Gasteiger partial charge is 0.361 e. The number of aromatic amines is 2. The van der Waals surface area contributed by atoms with Gasteiger partial charge in [0.1, 0.15) is 17.7 Å². The first kappa shape index (κ1) is 15.2. The van der Waals surface area contributed by atoms with Crippen molar-refractivity contribution in [3.05, 3.63) is 54.9 Å². The second-order valence-corrected chi connectivity index (χ2v) is 5.76. The Labute approximate surface area is 152 Å². The van der Waals surface area contributed by atoms with Gasteiger partial charge >= 0.3 is 0 Å². The highest BCUT2D eigenvalue weighted by atomic mass is 15.2. The number of H-pyrrole nitrogens is 2. The maximum atomic E-state index is 4.55. The lowest BCUT2D eigenvalue weighted by atomic mass is 10.3. The van der Waals surface area contributed by atoms with E-state index < -0.39 is 0 Å². The van der Waals surface area contributed by atoms with Gasteiger partial charge < -0.3 is 15.3 Å². The number of nitrogens with one attached hydrogen (secondary N) is 4. The van der Waals surface area contributed by atoms with Gasteiger partial charge in [-0.3, -0.25) is 5.32 Å². The number of imidazole rings is 2.